The van der Waals surface area contributed by atoms with Gasteiger partial charge in [-0.15, -0.1) is 0 Å². The first-order valence-electron chi connectivity index (χ1n) is 5.86. The van der Waals surface area contributed by atoms with Gasteiger partial charge in [-0.2, -0.15) is 0 Å². The Labute approximate surface area is 92.0 Å². The zero-order valence-electron chi connectivity index (χ0n) is 9.78. The van der Waals surface area contributed by atoms with Crippen LogP contribution in [0.5, 0.6) is 0 Å². The summed E-state index contributed by atoms with van der Waals surface area (Å²) in [6.07, 6.45) is 2.78. The van der Waals surface area contributed by atoms with Crippen molar-refractivity contribution in [3.63, 3.8) is 0 Å². The van der Waals surface area contributed by atoms with E-state index in [1.54, 1.807) is 0 Å². The zero-order chi connectivity index (χ0) is 11.4. The number of piperidine rings is 1. The lowest BCUT2D eigenvalue weighted by atomic mass is 9.92. The molecule has 0 radical (unpaired) electrons. The van der Waals surface area contributed by atoms with Crippen LogP contribution >= 0.6 is 0 Å². The molecule has 1 fully saturated rings. The second-order valence-corrected chi connectivity index (χ2v) is 4.57. The average Bonchev–Trinajstić information content (AvgIpc) is 2.26. The minimum Gasteiger partial charge on any atom is -0.337 e. The highest BCUT2D eigenvalue weighted by Crippen LogP contribution is 2.22. The fraction of sp³-hybridized carbons (Fsp3) is 0.909. The van der Waals surface area contributed by atoms with Gasteiger partial charge >= 0.3 is 0 Å². The summed E-state index contributed by atoms with van der Waals surface area (Å²) in [7, 11) is 0. The Balaban J connectivity index is 2.63. The third kappa shape index (κ3) is 2.92. The topological polar surface area (TPSA) is 72.4 Å². The second-order valence-electron chi connectivity index (χ2n) is 4.57. The van der Waals surface area contributed by atoms with Crippen molar-refractivity contribution in [2.45, 2.75) is 45.2 Å². The molecule has 1 aliphatic rings. The summed E-state index contributed by atoms with van der Waals surface area (Å²) in [5.41, 5.74) is 11.5. The highest BCUT2D eigenvalue weighted by molar-refractivity contribution is 5.82. The number of nitrogens with zero attached hydrogens (tertiary/aromatic N) is 1. The van der Waals surface area contributed by atoms with Crippen LogP contribution in [0.4, 0.5) is 0 Å². The first kappa shape index (κ1) is 12.5. The van der Waals surface area contributed by atoms with Crippen molar-refractivity contribution in [2.24, 2.45) is 17.4 Å². The fourth-order valence-corrected chi connectivity index (χ4v) is 2.15. The Morgan fingerprint density at radius 3 is 2.80 bits per heavy atom. The van der Waals surface area contributed by atoms with Crippen molar-refractivity contribution in [2.75, 3.05) is 13.1 Å². The fourth-order valence-electron chi connectivity index (χ4n) is 2.15. The number of rotatable bonds is 3. The van der Waals surface area contributed by atoms with E-state index < -0.39 is 0 Å². The second kappa shape index (κ2) is 5.47. The van der Waals surface area contributed by atoms with Crippen molar-refractivity contribution in [1.82, 2.24) is 4.90 Å². The van der Waals surface area contributed by atoms with Gasteiger partial charge in [0.25, 0.3) is 0 Å². The molecule has 2 unspecified atom stereocenters. The number of carbonyl (C=O) groups excluding carboxylic acids is 1. The molecule has 1 rings (SSSR count). The van der Waals surface area contributed by atoms with Crippen LogP contribution in [-0.4, -0.2) is 36.0 Å². The van der Waals surface area contributed by atoms with Crippen molar-refractivity contribution in [3.05, 3.63) is 0 Å². The third-order valence-electron chi connectivity index (χ3n) is 3.29. The summed E-state index contributed by atoms with van der Waals surface area (Å²) in [6.45, 7) is 5.51. The predicted molar refractivity (Wildman–Crippen MR) is 61.2 cm³/mol. The van der Waals surface area contributed by atoms with E-state index in [9.17, 15) is 4.79 Å². The van der Waals surface area contributed by atoms with Gasteiger partial charge in [0.2, 0.25) is 5.91 Å². The molecular weight excluding hydrogens is 190 g/mol. The molecule has 0 aromatic rings. The molecule has 4 N–H and O–H groups in total. The molecule has 4 nitrogen and oxygen atoms in total. The summed E-state index contributed by atoms with van der Waals surface area (Å²) in [5, 5.41) is 0. The molecule has 0 aliphatic carbocycles. The predicted octanol–water partition coefficient (Wildman–Crippen LogP) is 0.310. The Kier molecular flexibility index (Phi) is 4.54. The minimum atomic E-state index is -0.354. The Bertz CT molecular complexity index is 220. The van der Waals surface area contributed by atoms with E-state index in [1.807, 2.05) is 11.8 Å². The molecule has 1 heterocycles. The maximum atomic E-state index is 12.0. The number of nitrogens with two attached hydrogens (primary N) is 2. The first-order chi connectivity index (χ1) is 7.10. The van der Waals surface area contributed by atoms with Gasteiger partial charge in [-0.3, -0.25) is 4.79 Å². The lowest BCUT2D eigenvalue weighted by molar-refractivity contribution is -0.136. The highest BCUT2D eigenvalue weighted by atomic mass is 16.2. The molecule has 3 atom stereocenters. The van der Waals surface area contributed by atoms with Crippen LogP contribution in [0.1, 0.15) is 33.1 Å². The zero-order valence-corrected chi connectivity index (χ0v) is 9.78. The van der Waals surface area contributed by atoms with Gasteiger partial charge in [-0.25, -0.2) is 0 Å². The van der Waals surface area contributed by atoms with Crippen molar-refractivity contribution < 1.29 is 4.79 Å². The molecule has 88 valence electrons. The largest absolute Gasteiger partial charge is 0.337 e. The Morgan fingerprint density at radius 2 is 2.27 bits per heavy atom. The molecule has 4 heteroatoms. The summed E-state index contributed by atoms with van der Waals surface area (Å²) in [5.74, 6) is 0.736. The van der Waals surface area contributed by atoms with Gasteiger partial charge in [0, 0.05) is 19.1 Å². The van der Waals surface area contributed by atoms with E-state index in [0.29, 0.717) is 18.9 Å². The molecule has 0 aromatic carbocycles. The molecule has 0 bridgehead atoms. The molecule has 15 heavy (non-hydrogen) atoms. The van der Waals surface area contributed by atoms with Gasteiger partial charge < -0.3 is 16.4 Å². The molecule has 1 saturated heterocycles. The highest BCUT2D eigenvalue weighted by Gasteiger charge is 2.30. The summed E-state index contributed by atoms with van der Waals surface area (Å²) in [6, 6.07) is -0.161. The van der Waals surface area contributed by atoms with Crippen LogP contribution in [0.3, 0.4) is 0 Å². The first-order valence-corrected chi connectivity index (χ1v) is 5.86. The summed E-state index contributed by atoms with van der Waals surface area (Å²) >= 11 is 0. The Hall–Kier alpha value is -0.610. The maximum absolute atomic E-state index is 12.0. The molecule has 1 amide bonds. The van der Waals surface area contributed by atoms with Crippen LogP contribution < -0.4 is 11.5 Å². The molecule has 0 spiro atoms. The van der Waals surface area contributed by atoms with Crippen LogP contribution in [0.25, 0.3) is 0 Å². The van der Waals surface area contributed by atoms with Gasteiger partial charge in [-0.1, -0.05) is 13.8 Å². The van der Waals surface area contributed by atoms with E-state index >= 15 is 0 Å². The minimum absolute atomic E-state index is 0.0693. The SMILES string of the molecule is CC[C@H](N)C(=O)N1CCC(C)CC1CN. The van der Waals surface area contributed by atoms with E-state index in [2.05, 4.69) is 6.92 Å². The van der Waals surface area contributed by atoms with Gasteiger partial charge in [0.15, 0.2) is 0 Å². The molecular formula is C11H23N3O. The van der Waals surface area contributed by atoms with Gasteiger partial charge in [0.05, 0.1) is 6.04 Å². The molecule has 0 saturated carbocycles. The molecule has 1 aliphatic heterocycles. The van der Waals surface area contributed by atoms with Crippen LogP contribution in [0.2, 0.25) is 0 Å². The number of carbonyl (C=O) groups is 1. The number of amides is 1. The van der Waals surface area contributed by atoms with E-state index in [1.165, 1.54) is 0 Å². The third-order valence-corrected chi connectivity index (χ3v) is 3.29. The van der Waals surface area contributed by atoms with E-state index in [0.717, 1.165) is 19.4 Å². The smallest absolute Gasteiger partial charge is 0.239 e. The number of likely N-dealkylation sites (tertiary alicyclic amines) is 1. The van der Waals surface area contributed by atoms with E-state index in [4.69, 9.17) is 11.5 Å². The van der Waals surface area contributed by atoms with Gasteiger partial charge in [0.1, 0.15) is 0 Å². The van der Waals surface area contributed by atoms with Gasteiger partial charge in [-0.05, 0) is 25.2 Å². The Morgan fingerprint density at radius 1 is 1.60 bits per heavy atom. The number of hydrogen-bond donors (Lipinski definition) is 2. The normalized spacial score (nSPS) is 28.9. The van der Waals surface area contributed by atoms with Crippen LogP contribution in [-0.2, 0) is 4.79 Å². The monoisotopic (exact) mass is 213 g/mol. The van der Waals surface area contributed by atoms with Crippen molar-refractivity contribution in [1.29, 1.82) is 0 Å². The maximum Gasteiger partial charge on any atom is 0.239 e. The average molecular weight is 213 g/mol. The quantitative estimate of drug-likeness (QED) is 0.708. The standard InChI is InChI=1S/C11H23N3O/c1-3-10(13)11(15)14-5-4-8(2)6-9(14)7-12/h8-10H,3-7,12-13H2,1-2H3/t8?,9?,10-/m0/s1. The molecule has 0 aromatic heterocycles. The summed E-state index contributed by atoms with van der Waals surface area (Å²) < 4.78 is 0. The van der Waals surface area contributed by atoms with Crippen molar-refractivity contribution >= 4 is 5.91 Å². The van der Waals surface area contributed by atoms with Crippen LogP contribution in [0, 0.1) is 5.92 Å². The van der Waals surface area contributed by atoms with E-state index in [-0.39, 0.29) is 18.0 Å². The van der Waals surface area contributed by atoms with Crippen LogP contribution in [0.15, 0.2) is 0 Å². The van der Waals surface area contributed by atoms with Crippen molar-refractivity contribution in [3.8, 4) is 0 Å². The summed E-state index contributed by atoms with van der Waals surface area (Å²) in [4.78, 5) is 13.8. The number of hydrogen-bond acceptors (Lipinski definition) is 3. The lowest BCUT2D eigenvalue weighted by Crippen LogP contribution is -2.54. The lowest BCUT2D eigenvalue weighted by Gasteiger charge is -2.39.